The minimum Gasteiger partial charge on any atom is -0.371 e. The summed E-state index contributed by atoms with van der Waals surface area (Å²) in [6.45, 7) is 2.14. The fourth-order valence-electron chi connectivity index (χ4n) is 4.83. The van der Waals surface area contributed by atoms with E-state index in [0.717, 1.165) is 18.9 Å². The van der Waals surface area contributed by atoms with Crippen molar-refractivity contribution in [2.24, 2.45) is 18.9 Å². The van der Waals surface area contributed by atoms with Gasteiger partial charge in [0.1, 0.15) is 18.1 Å². The van der Waals surface area contributed by atoms with E-state index in [1.54, 1.807) is 19.3 Å². The summed E-state index contributed by atoms with van der Waals surface area (Å²) in [5, 5.41) is 18.4. The number of rotatable bonds is 4. The molecule has 0 spiro atoms. The monoisotopic (exact) mass is 413 g/mol. The number of piperidine rings is 1. The molecule has 0 bridgehead atoms. The van der Waals surface area contributed by atoms with Gasteiger partial charge in [-0.2, -0.15) is 15.3 Å². The van der Waals surface area contributed by atoms with Crippen LogP contribution in [0.15, 0.2) is 51.9 Å². The lowest BCUT2D eigenvalue weighted by molar-refractivity contribution is 0.362. The molecule has 154 valence electrons. The number of anilines is 1. The Balaban J connectivity index is 1.22. The van der Waals surface area contributed by atoms with E-state index in [4.69, 9.17) is 4.52 Å². The number of hydrogen-bond acceptors (Lipinski definition) is 7. The minimum atomic E-state index is -0.219. The molecular formula is C22H19N7O2. The normalized spacial score (nSPS) is 21.9. The van der Waals surface area contributed by atoms with Crippen LogP contribution in [0.1, 0.15) is 23.3 Å². The Morgan fingerprint density at radius 2 is 1.97 bits per heavy atom. The van der Waals surface area contributed by atoms with Crippen molar-refractivity contribution in [1.29, 1.82) is 5.26 Å². The largest absolute Gasteiger partial charge is 0.371 e. The van der Waals surface area contributed by atoms with Gasteiger partial charge in [0, 0.05) is 43.3 Å². The molecule has 9 nitrogen and oxygen atoms in total. The molecule has 1 aliphatic carbocycles. The van der Waals surface area contributed by atoms with Crippen LogP contribution in [0, 0.1) is 23.2 Å². The third-order valence-electron chi connectivity index (χ3n) is 6.47. The van der Waals surface area contributed by atoms with Crippen LogP contribution >= 0.6 is 0 Å². The minimum absolute atomic E-state index is 0.155. The summed E-state index contributed by atoms with van der Waals surface area (Å²) in [6, 6.07) is 14.2. The van der Waals surface area contributed by atoms with E-state index >= 15 is 0 Å². The smallest absolute Gasteiger partial charge is 0.276 e. The Kier molecular flexibility index (Phi) is 3.77. The molecule has 9 heteroatoms. The zero-order valence-electron chi connectivity index (χ0n) is 16.8. The molecule has 2 unspecified atom stereocenters. The van der Waals surface area contributed by atoms with Crippen LogP contribution in [0.25, 0.3) is 10.9 Å². The van der Waals surface area contributed by atoms with Crippen LogP contribution in [0.3, 0.4) is 0 Å². The highest BCUT2D eigenvalue weighted by Gasteiger charge is 2.58. The number of pyridine rings is 1. The number of para-hydroxylation sites is 1. The van der Waals surface area contributed by atoms with E-state index in [2.05, 4.69) is 44.4 Å². The van der Waals surface area contributed by atoms with E-state index < -0.39 is 0 Å². The highest BCUT2D eigenvalue weighted by Crippen LogP contribution is 2.57. The van der Waals surface area contributed by atoms with E-state index in [0.29, 0.717) is 34.5 Å². The number of benzene rings is 1. The zero-order valence-corrected chi connectivity index (χ0v) is 16.8. The van der Waals surface area contributed by atoms with Gasteiger partial charge in [0.2, 0.25) is 5.89 Å². The molecule has 2 aliphatic rings. The van der Waals surface area contributed by atoms with Gasteiger partial charge in [-0.1, -0.05) is 23.4 Å². The van der Waals surface area contributed by atoms with Gasteiger partial charge in [-0.3, -0.25) is 4.79 Å². The van der Waals surface area contributed by atoms with E-state index in [1.807, 2.05) is 12.1 Å². The predicted octanol–water partition coefficient (Wildman–Crippen LogP) is 1.89. The first kappa shape index (κ1) is 17.9. The van der Waals surface area contributed by atoms with Gasteiger partial charge < -0.3 is 14.0 Å². The zero-order chi connectivity index (χ0) is 21.1. The quantitative estimate of drug-likeness (QED) is 0.503. The van der Waals surface area contributed by atoms with Gasteiger partial charge in [0.25, 0.3) is 5.56 Å². The van der Waals surface area contributed by atoms with Crippen molar-refractivity contribution in [3.63, 3.8) is 0 Å². The molecule has 2 fully saturated rings. The predicted molar refractivity (Wildman–Crippen MR) is 111 cm³/mol. The third kappa shape index (κ3) is 2.75. The molecule has 0 radical (unpaired) electrons. The lowest BCUT2D eigenvalue weighted by atomic mass is 10.2. The summed E-state index contributed by atoms with van der Waals surface area (Å²) in [6.07, 6.45) is 1.63. The van der Waals surface area contributed by atoms with E-state index in [1.165, 1.54) is 14.9 Å². The summed E-state index contributed by atoms with van der Waals surface area (Å²) >= 11 is 0. The Labute approximate surface area is 177 Å². The number of hydrogen-bond donors (Lipinski definition) is 0. The number of aryl methyl sites for hydroxylation is 1. The topological polar surface area (TPSA) is 106 Å². The fourth-order valence-corrected chi connectivity index (χ4v) is 4.83. The van der Waals surface area contributed by atoms with E-state index in [-0.39, 0.29) is 17.8 Å². The second kappa shape index (κ2) is 6.54. The van der Waals surface area contributed by atoms with Crippen molar-refractivity contribution in [3.05, 3.63) is 70.4 Å². The summed E-state index contributed by atoms with van der Waals surface area (Å²) < 4.78 is 8.43. The average Bonchev–Trinajstić information content (AvgIpc) is 3.20. The van der Waals surface area contributed by atoms with Crippen LogP contribution in [-0.2, 0) is 13.6 Å². The molecule has 1 aromatic carbocycles. The Hall–Kier alpha value is -3.93. The fraction of sp³-hybridized carbons (Fsp3) is 0.318. The van der Waals surface area contributed by atoms with Crippen LogP contribution in [0.5, 0.6) is 0 Å². The first-order chi connectivity index (χ1) is 15.1. The van der Waals surface area contributed by atoms with Gasteiger partial charge in [-0.05, 0) is 30.0 Å². The van der Waals surface area contributed by atoms with Crippen molar-refractivity contribution in [3.8, 4) is 6.07 Å². The maximum absolute atomic E-state index is 12.6. The van der Waals surface area contributed by atoms with Crippen LogP contribution < -0.4 is 10.5 Å². The maximum atomic E-state index is 12.6. The highest BCUT2D eigenvalue weighted by atomic mass is 16.5. The molecular weight excluding hydrogens is 394 g/mol. The van der Waals surface area contributed by atoms with Crippen molar-refractivity contribution in [2.45, 2.75) is 12.5 Å². The summed E-state index contributed by atoms with van der Waals surface area (Å²) in [5.74, 6) is 2.50. The van der Waals surface area contributed by atoms with Gasteiger partial charge in [0.05, 0.1) is 0 Å². The summed E-state index contributed by atoms with van der Waals surface area (Å²) in [4.78, 5) is 19.6. The maximum Gasteiger partial charge on any atom is 0.276 e. The molecule has 1 aliphatic heterocycles. The molecule has 3 aromatic heterocycles. The first-order valence-electron chi connectivity index (χ1n) is 10.2. The second-order valence-electron chi connectivity index (χ2n) is 8.25. The Morgan fingerprint density at radius 3 is 2.71 bits per heavy atom. The van der Waals surface area contributed by atoms with Crippen molar-refractivity contribution in [1.82, 2.24) is 24.5 Å². The van der Waals surface area contributed by atoms with Gasteiger partial charge in [0.15, 0.2) is 11.5 Å². The Morgan fingerprint density at radius 1 is 1.19 bits per heavy atom. The molecule has 1 saturated carbocycles. The van der Waals surface area contributed by atoms with Gasteiger partial charge >= 0.3 is 0 Å². The standard InChI is InChI=1S/C22H19N7O2/c1-27-8-7-14-17(9-23)25-29(20(14)22(27)30)12-18-24-21(26-31-18)19-15-10-28(11-16(15)19)13-5-3-2-4-6-13/h2-8,15-16,19H,10-12H2,1H3. The lowest BCUT2D eigenvalue weighted by Crippen LogP contribution is -2.23. The average molecular weight is 413 g/mol. The van der Waals surface area contributed by atoms with Crippen molar-refractivity contribution >= 4 is 16.6 Å². The number of nitrogens with zero attached hydrogens (tertiary/aromatic N) is 7. The number of aromatic nitrogens is 5. The van der Waals surface area contributed by atoms with Crippen molar-refractivity contribution in [2.75, 3.05) is 18.0 Å². The SMILES string of the molecule is Cn1ccc2c(C#N)nn(Cc3nc(C4C5CN(c6ccccc6)CC54)no3)c2c1=O. The van der Waals surface area contributed by atoms with Gasteiger partial charge in [-0.25, -0.2) is 4.68 Å². The Bertz CT molecular complexity index is 1380. The van der Waals surface area contributed by atoms with Crippen LogP contribution in [-0.4, -0.2) is 37.6 Å². The van der Waals surface area contributed by atoms with Crippen LogP contribution in [0.4, 0.5) is 5.69 Å². The molecule has 1 saturated heterocycles. The number of fused-ring (bicyclic) bond motifs is 2. The third-order valence-corrected chi connectivity index (χ3v) is 6.47. The van der Waals surface area contributed by atoms with Crippen LogP contribution in [0.2, 0.25) is 0 Å². The lowest BCUT2D eigenvalue weighted by Gasteiger charge is -2.21. The second-order valence-corrected chi connectivity index (χ2v) is 8.25. The molecule has 0 amide bonds. The summed E-state index contributed by atoms with van der Waals surface area (Å²) in [5.41, 5.74) is 1.61. The summed E-state index contributed by atoms with van der Waals surface area (Å²) in [7, 11) is 1.67. The van der Waals surface area contributed by atoms with Gasteiger partial charge in [-0.15, -0.1) is 0 Å². The molecule has 4 aromatic rings. The highest BCUT2D eigenvalue weighted by molar-refractivity contribution is 5.83. The number of nitriles is 1. The molecule has 2 atom stereocenters. The first-order valence-corrected chi connectivity index (χ1v) is 10.2. The van der Waals surface area contributed by atoms with E-state index in [9.17, 15) is 10.1 Å². The molecule has 4 heterocycles. The molecule has 6 rings (SSSR count). The van der Waals surface area contributed by atoms with Crippen molar-refractivity contribution < 1.29 is 4.52 Å². The molecule has 0 N–H and O–H groups in total. The molecule has 31 heavy (non-hydrogen) atoms.